The summed E-state index contributed by atoms with van der Waals surface area (Å²) in [5.74, 6) is 0.786. The molecule has 2 aliphatic rings. The van der Waals surface area contributed by atoms with Crippen LogP contribution in [-0.4, -0.2) is 60.7 Å². The van der Waals surface area contributed by atoms with E-state index in [1.54, 1.807) is 18.4 Å². The summed E-state index contributed by atoms with van der Waals surface area (Å²) in [7, 11) is 1.85. The van der Waals surface area contributed by atoms with Crippen molar-refractivity contribution in [3.05, 3.63) is 53.7 Å². The number of halogens is 1. The SMILES string of the molecule is CN=C(NCC1(c2ccc(F)cc2)CCCC1)N1CCN(Cc2ccon2)CC1. The smallest absolute Gasteiger partial charge is 0.193 e. The van der Waals surface area contributed by atoms with E-state index >= 15 is 0 Å². The summed E-state index contributed by atoms with van der Waals surface area (Å²) in [6.07, 6.45) is 6.33. The van der Waals surface area contributed by atoms with Gasteiger partial charge in [0.05, 0.1) is 5.69 Å². The number of guanidine groups is 1. The minimum absolute atomic E-state index is 0.0679. The number of aliphatic imine (C=N–C) groups is 1. The summed E-state index contributed by atoms with van der Waals surface area (Å²) in [6.45, 7) is 5.46. The van der Waals surface area contributed by atoms with Crippen LogP contribution in [0.1, 0.15) is 36.9 Å². The first-order valence-electron chi connectivity index (χ1n) is 10.5. The summed E-state index contributed by atoms with van der Waals surface area (Å²) < 4.78 is 18.3. The first-order valence-corrected chi connectivity index (χ1v) is 10.5. The third-order valence-corrected chi connectivity index (χ3v) is 6.36. The van der Waals surface area contributed by atoms with Crippen LogP contribution >= 0.6 is 0 Å². The zero-order valence-corrected chi connectivity index (χ0v) is 17.1. The van der Waals surface area contributed by atoms with Crippen LogP contribution in [0.15, 0.2) is 46.1 Å². The molecule has 7 heteroatoms. The molecule has 2 aromatic rings. The van der Waals surface area contributed by atoms with Crippen LogP contribution in [0.2, 0.25) is 0 Å². The van der Waals surface area contributed by atoms with Gasteiger partial charge in [0.25, 0.3) is 0 Å². The van der Waals surface area contributed by atoms with E-state index in [9.17, 15) is 4.39 Å². The van der Waals surface area contributed by atoms with E-state index in [4.69, 9.17) is 4.52 Å². The lowest BCUT2D eigenvalue weighted by molar-refractivity contribution is 0.168. The Balaban J connectivity index is 1.34. The molecule has 0 unspecified atom stereocenters. The minimum Gasteiger partial charge on any atom is -0.364 e. The number of hydrogen-bond donors (Lipinski definition) is 1. The van der Waals surface area contributed by atoms with Gasteiger partial charge in [0.2, 0.25) is 0 Å². The van der Waals surface area contributed by atoms with Gasteiger partial charge in [-0.25, -0.2) is 4.39 Å². The summed E-state index contributed by atoms with van der Waals surface area (Å²) in [5.41, 5.74) is 2.28. The second-order valence-electron chi connectivity index (χ2n) is 8.15. The Labute approximate surface area is 171 Å². The van der Waals surface area contributed by atoms with Crippen molar-refractivity contribution < 1.29 is 8.91 Å². The predicted octanol–water partition coefficient (Wildman–Crippen LogP) is 3.02. The lowest BCUT2D eigenvalue weighted by Gasteiger charge is -2.38. The molecule has 4 rings (SSSR count). The molecule has 1 saturated heterocycles. The Morgan fingerprint density at radius 3 is 2.48 bits per heavy atom. The number of piperazine rings is 1. The molecule has 1 saturated carbocycles. The van der Waals surface area contributed by atoms with Gasteiger partial charge in [0, 0.05) is 57.8 Å². The van der Waals surface area contributed by atoms with Crippen LogP contribution in [0.5, 0.6) is 0 Å². The van der Waals surface area contributed by atoms with E-state index in [0.29, 0.717) is 0 Å². The first kappa shape index (κ1) is 19.9. The first-order chi connectivity index (χ1) is 14.2. The monoisotopic (exact) mass is 399 g/mol. The Hall–Kier alpha value is -2.41. The second-order valence-corrected chi connectivity index (χ2v) is 8.15. The largest absolute Gasteiger partial charge is 0.364 e. The maximum absolute atomic E-state index is 13.4. The number of nitrogens with zero attached hydrogens (tertiary/aromatic N) is 4. The highest BCUT2D eigenvalue weighted by Crippen LogP contribution is 2.40. The van der Waals surface area contributed by atoms with Crippen LogP contribution in [0.4, 0.5) is 4.39 Å². The number of rotatable bonds is 5. The number of benzene rings is 1. The van der Waals surface area contributed by atoms with Crippen molar-refractivity contribution in [2.24, 2.45) is 4.99 Å². The maximum atomic E-state index is 13.4. The van der Waals surface area contributed by atoms with Crippen molar-refractivity contribution in [3.63, 3.8) is 0 Å². The molecule has 1 N–H and O–H groups in total. The molecule has 2 fully saturated rings. The fourth-order valence-electron chi connectivity index (χ4n) is 4.67. The summed E-state index contributed by atoms with van der Waals surface area (Å²) in [4.78, 5) is 9.25. The van der Waals surface area contributed by atoms with Gasteiger partial charge in [0.1, 0.15) is 12.1 Å². The fraction of sp³-hybridized carbons (Fsp3) is 0.545. The Morgan fingerprint density at radius 1 is 1.14 bits per heavy atom. The van der Waals surface area contributed by atoms with Gasteiger partial charge in [-0.15, -0.1) is 0 Å². The molecular formula is C22H30FN5O. The van der Waals surface area contributed by atoms with Gasteiger partial charge >= 0.3 is 0 Å². The van der Waals surface area contributed by atoms with Crippen LogP contribution in [0.3, 0.4) is 0 Å². The highest BCUT2D eigenvalue weighted by Gasteiger charge is 2.36. The molecule has 1 aliphatic heterocycles. The van der Waals surface area contributed by atoms with Crippen molar-refractivity contribution in [1.82, 2.24) is 20.3 Å². The molecule has 156 valence electrons. The van der Waals surface area contributed by atoms with Crippen LogP contribution in [0, 0.1) is 5.82 Å². The Kier molecular flexibility index (Phi) is 6.13. The van der Waals surface area contributed by atoms with Crippen LogP contribution < -0.4 is 5.32 Å². The van der Waals surface area contributed by atoms with E-state index in [-0.39, 0.29) is 11.2 Å². The van der Waals surface area contributed by atoms with Crippen molar-refractivity contribution in [2.45, 2.75) is 37.6 Å². The molecule has 0 radical (unpaired) electrons. The topological polar surface area (TPSA) is 56.9 Å². The van der Waals surface area contributed by atoms with Gasteiger partial charge < -0.3 is 14.7 Å². The van der Waals surface area contributed by atoms with Crippen molar-refractivity contribution in [3.8, 4) is 0 Å². The summed E-state index contributed by atoms with van der Waals surface area (Å²) in [6, 6.07) is 8.99. The second kappa shape index (κ2) is 8.95. The van der Waals surface area contributed by atoms with E-state index in [0.717, 1.165) is 63.8 Å². The summed E-state index contributed by atoms with van der Waals surface area (Å²) >= 11 is 0. The molecule has 0 atom stereocenters. The molecule has 6 nitrogen and oxygen atoms in total. The summed E-state index contributed by atoms with van der Waals surface area (Å²) in [5, 5.41) is 7.64. The van der Waals surface area contributed by atoms with Gasteiger partial charge in [0.15, 0.2) is 5.96 Å². The highest BCUT2D eigenvalue weighted by molar-refractivity contribution is 5.80. The minimum atomic E-state index is -0.172. The van der Waals surface area contributed by atoms with E-state index in [2.05, 4.69) is 25.3 Å². The molecule has 2 heterocycles. The van der Waals surface area contributed by atoms with Crippen molar-refractivity contribution in [2.75, 3.05) is 39.8 Å². The standard InChI is InChI=1S/C22H30FN5O/c1-24-21(28-13-11-27(12-14-28)16-20-8-15-29-26-20)25-17-22(9-2-3-10-22)18-4-6-19(23)7-5-18/h4-8,15H,2-3,9-14,16-17H2,1H3,(H,24,25). The average molecular weight is 400 g/mol. The molecule has 0 spiro atoms. The van der Waals surface area contributed by atoms with E-state index in [1.807, 2.05) is 25.2 Å². The molecule has 1 aromatic heterocycles. The molecule has 1 aliphatic carbocycles. The molecule has 1 aromatic carbocycles. The number of aromatic nitrogens is 1. The lowest BCUT2D eigenvalue weighted by atomic mass is 9.79. The Bertz CT molecular complexity index is 791. The van der Waals surface area contributed by atoms with E-state index < -0.39 is 0 Å². The lowest BCUT2D eigenvalue weighted by Crippen LogP contribution is -2.53. The normalized spacial score (nSPS) is 20.2. The third-order valence-electron chi connectivity index (χ3n) is 6.36. The van der Waals surface area contributed by atoms with E-state index in [1.165, 1.54) is 18.4 Å². The quantitative estimate of drug-likeness (QED) is 0.619. The van der Waals surface area contributed by atoms with Crippen molar-refractivity contribution >= 4 is 5.96 Å². The van der Waals surface area contributed by atoms with Crippen LogP contribution in [-0.2, 0) is 12.0 Å². The fourth-order valence-corrected chi connectivity index (χ4v) is 4.67. The molecule has 0 bridgehead atoms. The molecule has 29 heavy (non-hydrogen) atoms. The van der Waals surface area contributed by atoms with Gasteiger partial charge in [-0.2, -0.15) is 0 Å². The predicted molar refractivity (Wildman–Crippen MR) is 111 cm³/mol. The highest BCUT2D eigenvalue weighted by atomic mass is 19.1. The number of nitrogens with one attached hydrogen (secondary N) is 1. The molecular weight excluding hydrogens is 369 g/mol. The Morgan fingerprint density at radius 2 is 1.86 bits per heavy atom. The molecule has 0 amide bonds. The van der Waals surface area contributed by atoms with Gasteiger partial charge in [-0.3, -0.25) is 9.89 Å². The average Bonchev–Trinajstić information content (AvgIpc) is 3.43. The van der Waals surface area contributed by atoms with Crippen LogP contribution in [0.25, 0.3) is 0 Å². The maximum Gasteiger partial charge on any atom is 0.193 e. The van der Waals surface area contributed by atoms with Gasteiger partial charge in [-0.1, -0.05) is 30.1 Å². The number of hydrogen-bond acceptors (Lipinski definition) is 4. The third kappa shape index (κ3) is 4.61. The van der Waals surface area contributed by atoms with Crippen molar-refractivity contribution in [1.29, 1.82) is 0 Å². The zero-order chi connectivity index (χ0) is 20.1. The zero-order valence-electron chi connectivity index (χ0n) is 17.1. The van der Waals surface area contributed by atoms with Gasteiger partial charge in [-0.05, 0) is 30.5 Å².